The normalized spacial score (nSPS) is 14.7. The summed E-state index contributed by atoms with van der Waals surface area (Å²) in [5, 5.41) is 3.96. The van der Waals surface area contributed by atoms with Crippen LogP contribution in [0.4, 0.5) is 5.69 Å². The Morgan fingerprint density at radius 3 is 2.75 bits per heavy atom. The number of halogens is 1. The number of nitrogen functional groups attached to an aromatic ring is 1. The fourth-order valence-corrected chi connectivity index (χ4v) is 3.56. The van der Waals surface area contributed by atoms with Gasteiger partial charge in [0, 0.05) is 17.1 Å². The van der Waals surface area contributed by atoms with Gasteiger partial charge in [0.15, 0.2) is 0 Å². The molecule has 6 heteroatoms. The summed E-state index contributed by atoms with van der Waals surface area (Å²) in [5.41, 5.74) is 8.74. The Balaban J connectivity index is 0.00000147. The molecule has 1 aliphatic carbocycles. The average molecular weight is 312 g/mol. The zero-order chi connectivity index (χ0) is 13.6. The van der Waals surface area contributed by atoms with Crippen molar-refractivity contribution >= 4 is 45.6 Å². The minimum atomic E-state index is -0.0535. The van der Waals surface area contributed by atoms with Gasteiger partial charge in [-0.05, 0) is 44.7 Å². The van der Waals surface area contributed by atoms with Gasteiger partial charge in [-0.1, -0.05) is 0 Å². The van der Waals surface area contributed by atoms with Gasteiger partial charge in [-0.15, -0.1) is 23.7 Å². The highest BCUT2D eigenvalue weighted by Gasteiger charge is 2.24. The highest BCUT2D eigenvalue weighted by atomic mass is 35.5. The molecule has 2 aromatic heterocycles. The number of aromatic nitrogens is 1. The largest absolute Gasteiger partial charge is 0.397 e. The van der Waals surface area contributed by atoms with Crippen LogP contribution < -0.4 is 11.1 Å². The number of anilines is 1. The van der Waals surface area contributed by atoms with Gasteiger partial charge in [0.2, 0.25) is 0 Å². The van der Waals surface area contributed by atoms with E-state index in [2.05, 4.69) is 10.3 Å². The number of carbonyl (C=O) groups excluding carboxylic acids is 1. The molecule has 1 saturated carbocycles. The number of amides is 1. The standard InChI is InChI=1S/C14H17N3OS.ClH/c1-7-6-8(2)16-14-10(7)11(15)12(19-14)13(18)17-9-4-3-5-9;/h6,9H,3-5,15H2,1-2H3,(H,17,18);1H. The lowest BCUT2D eigenvalue weighted by Crippen LogP contribution is -2.39. The first-order valence-corrected chi connectivity index (χ1v) is 7.35. The summed E-state index contributed by atoms with van der Waals surface area (Å²) in [6, 6.07) is 2.33. The predicted octanol–water partition coefficient (Wildman–Crippen LogP) is 3.20. The SMILES string of the molecule is Cc1cc(C)c2c(N)c(C(=O)NC3CCC3)sc2n1.Cl. The molecule has 1 aliphatic rings. The van der Waals surface area contributed by atoms with E-state index in [1.54, 1.807) is 0 Å². The molecule has 0 aromatic carbocycles. The first kappa shape index (κ1) is 15.1. The first-order chi connectivity index (χ1) is 9.06. The number of hydrogen-bond donors (Lipinski definition) is 2. The van der Waals surface area contributed by atoms with Crippen LogP contribution in [0.2, 0.25) is 0 Å². The molecule has 2 aromatic rings. The first-order valence-electron chi connectivity index (χ1n) is 6.53. The number of hydrogen-bond acceptors (Lipinski definition) is 4. The van der Waals surface area contributed by atoms with Crippen molar-refractivity contribution in [2.75, 3.05) is 5.73 Å². The Hall–Kier alpha value is -1.33. The Bertz CT molecular complexity index is 664. The van der Waals surface area contributed by atoms with Crippen molar-refractivity contribution in [3.8, 4) is 0 Å². The zero-order valence-corrected chi connectivity index (χ0v) is 13.2. The van der Waals surface area contributed by atoms with Crippen molar-refractivity contribution in [2.24, 2.45) is 0 Å². The maximum Gasteiger partial charge on any atom is 0.263 e. The molecule has 0 unspecified atom stereocenters. The van der Waals surface area contributed by atoms with Gasteiger partial charge >= 0.3 is 0 Å². The maximum atomic E-state index is 12.2. The highest BCUT2D eigenvalue weighted by Crippen LogP contribution is 2.35. The molecule has 3 N–H and O–H groups in total. The van der Waals surface area contributed by atoms with Crippen molar-refractivity contribution in [1.29, 1.82) is 0 Å². The molecule has 1 fully saturated rings. The van der Waals surface area contributed by atoms with E-state index in [4.69, 9.17) is 5.73 Å². The topological polar surface area (TPSA) is 68.0 Å². The smallest absolute Gasteiger partial charge is 0.263 e. The van der Waals surface area contributed by atoms with Crippen LogP contribution in [-0.2, 0) is 0 Å². The van der Waals surface area contributed by atoms with Crippen LogP contribution in [0, 0.1) is 13.8 Å². The van der Waals surface area contributed by atoms with Crippen LogP contribution in [-0.4, -0.2) is 16.9 Å². The summed E-state index contributed by atoms with van der Waals surface area (Å²) in [6.45, 7) is 3.96. The van der Waals surface area contributed by atoms with Gasteiger partial charge in [-0.2, -0.15) is 0 Å². The van der Waals surface area contributed by atoms with Crippen LogP contribution in [0.25, 0.3) is 10.2 Å². The van der Waals surface area contributed by atoms with Crippen molar-refractivity contribution in [3.05, 3.63) is 22.2 Å². The van der Waals surface area contributed by atoms with E-state index in [9.17, 15) is 4.79 Å². The van der Waals surface area contributed by atoms with Crippen molar-refractivity contribution in [1.82, 2.24) is 10.3 Å². The molecular weight excluding hydrogens is 294 g/mol. The highest BCUT2D eigenvalue weighted by molar-refractivity contribution is 7.21. The van der Waals surface area contributed by atoms with Crippen molar-refractivity contribution < 1.29 is 4.79 Å². The Morgan fingerprint density at radius 2 is 2.15 bits per heavy atom. The monoisotopic (exact) mass is 311 g/mol. The number of carbonyl (C=O) groups is 1. The zero-order valence-electron chi connectivity index (χ0n) is 11.5. The molecule has 2 heterocycles. The summed E-state index contributed by atoms with van der Waals surface area (Å²) >= 11 is 1.39. The molecule has 0 bridgehead atoms. The number of nitrogens with one attached hydrogen (secondary N) is 1. The van der Waals surface area contributed by atoms with E-state index in [1.165, 1.54) is 17.8 Å². The number of rotatable bonds is 2. The van der Waals surface area contributed by atoms with Crippen LogP contribution >= 0.6 is 23.7 Å². The van der Waals surface area contributed by atoms with Crippen LogP contribution in [0.1, 0.15) is 40.2 Å². The fraction of sp³-hybridized carbons (Fsp3) is 0.429. The number of nitrogens with two attached hydrogens (primary N) is 1. The minimum absolute atomic E-state index is 0. The molecule has 3 rings (SSSR count). The average Bonchev–Trinajstić information content (AvgIpc) is 2.61. The second kappa shape index (κ2) is 5.58. The van der Waals surface area contributed by atoms with E-state index in [0.717, 1.165) is 34.3 Å². The van der Waals surface area contributed by atoms with Gasteiger partial charge in [0.25, 0.3) is 5.91 Å². The number of nitrogens with zero attached hydrogens (tertiary/aromatic N) is 1. The van der Waals surface area contributed by atoms with Crippen LogP contribution in [0.5, 0.6) is 0 Å². The van der Waals surface area contributed by atoms with Gasteiger partial charge in [0.1, 0.15) is 9.71 Å². The maximum absolute atomic E-state index is 12.2. The van der Waals surface area contributed by atoms with E-state index >= 15 is 0 Å². The number of pyridine rings is 1. The lowest BCUT2D eigenvalue weighted by molar-refractivity contribution is 0.0922. The lowest BCUT2D eigenvalue weighted by Gasteiger charge is -2.26. The molecular formula is C14H18ClN3OS. The number of aryl methyl sites for hydroxylation is 2. The molecule has 1 amide bonds. The summed E-state index contributed by atoms with van der Waals surface area (Å²) in [5.74, 6) is -0.0535. The summed E-state index contributed by atoms with van der Waals surface area (Å²) in [4.78, 5) is 18.2. The molecule has 0 spiro atoms. The molecule has 0 atom stereocenters. The molecule has 0 saturated heterocycles. The van der Waals surface area contributed by atoms with Gasteiger partial charge in [-0.25, -0.2) is 4.98 Å². The summed E-state index contributed by atoms with van der Waals surface area (Å²) in [7, 11) is 0. The van der Waals surface area contributed by atoms with E-state index in [0.29, 0.717) is 16.6 Å². The predicted molar refractivity (Wildman–Crippen MR) is 85.9 cm³/mol. The van der Waals surface area contributed by atoms with E-state index in [-0.39, 0.29) is 18.3 Å². The van der Waals surface area contributed by atoms with E-state index < -0.39 is 0 Å². The Labute approximate surface area is 128 Å². The third-order valence-electron chi connectivity index (χ3n) is 3.67. The Kier molecular flexibility index (Phi) is 4.20. The Morgan fingerprint density at radius 1 is 1.45 bits per heavy atom. The minimum Gasteiger partial charge on any atom is -0.397 e. The molecule has 108 valence electrons. The molecule has 4 nitrogen and oxygen atoms in total. The number of thiophene rings is 1. The van der Waals surface area contributed by atoms with Gasteiger partial charge < -0.3 is 11.1 Å². The third kappa shape index (κ3) is 2.47. The second-order valence-corrected chi connectivity index (χ2v) is 6.21. The third-order valence-corrected chi connectivity index (χ3v) is 4.77. The molecule has 0 radical (unpaired) electrons. The van der Waals surface area contributed by atoms with Gasteiger partial charge in [0.05, 0.1) is 5.69 Å². The quantitative estimate of drug-likeness (QED) is 0.895. The second-order valence-electron chi connectivity index (χ2n) is 5.21. The van der Waals surface area contributed by atoms with Crippen molar-refractivity contribution in [2.45, 2.75) is 39.2 Å². The number of fused-ring (bicyclic) bond motifs is 1. The molecule has 20 heavy (non-hydrogen) atoms. The lowest BCUT2D eigenvalue weighted by atomic mass is 9.93. The van der Waals surface area contributed by atoms with Gasteiger partial charge in [-0.3, -0.25) is 4.79 Å². The van der Waals surface area contributed by atoms with Crippen LogP contribution in [0.3, 0.4) is 0 Å². The summed E-state index contributed by atoms with van der Waals surface area (Å²) < 4.78 is 0. The van der Waals surface area contributed by atoms with Crippen molar-refractivity contribution in [3.63, 3.8) is 0 Å². The molecule has 0 aliphatic heterocycles. The van der Waals surface area contributed by atoms with Crippen LogP contribution in [0.15, 0.2) is 6.07 Å². The summed E-state index contributed by atoms with van der Waals surface area (Å²) in [6.07, 6.45) is 3.35. The fourth-order valence-electron chi connectivity index (χ4n) is 2.44. The van der Waals surface area contributed by atoms with E-state index in [1.807, 2.05) is 19.9 Å².